The van der Waals surface area contributed by atoms with E-state index in [9.17, 15) is 4.79 Å². The highest BCUT2D eigenvalue weighted by atomic mass is 35.5. The van der Waals surface area contributed by atoms with E-state index in [2.05, 4.69) is 56.1 Å². The largest absolute Gasteiger partial charge is 0.341 e. The minimum absolute atomic E-state index is 0. The van der Waals surface area contributed by atoms with Crippen LogP contribution in [0.4, 0.5) is 0 Å². The van der Waals surface area contributed by atoms with Crippen molar-refractivity contribution in [2.24, 2.45) is 17.6 Å². The minimum Gasteiger partial charge on any atom is -0.341 e. The molecule has 1 fully saturated rings. The molecule has 2 N–H and O–H groups in total. The predicted molar refractivity (Wildman–Crippen MR) is 114 cm³/mol. The van der Waals surface area contributed by atoms with Crippen LogP contribution in [-0.2, 0) is 11.3 Å². The fraction of sp³-hybridized carbons (Fsp3) is 0.650. The second kappa shape index (κ2) is 12.6. The number of hydrogen-bond acceptors (Lipinski definition) is 3. The molecule has 26 heavy (non-hydrogen) atoms. The second-order valence-corrected chi connectivity index (χ2v) is 7.69. The van der Waals surface area contributed by atoms with Crippen LogP contribution >= 0.6 is 24.8 Å². The first-order chi connectivity index (χ1) is 11.5. The number of halogens is 2. The Morgan fingerprint density at radius 2 is 1.77 bits per heavy atom. The topological polar surface area (TPSA) is 49.6 Å². The van der Waals surface area contributed by atoms with E-state index in [0.717, 1.165) is 45.4 Å². The van der Waals surface area contributed by atoms with Crippen molar-refractivity contribution >= 4 is 30.7 Å². The number of amides is 1. The van der Waals surface area contributed by atoms with Crippen LogP contribution < -0.4 is 5.73 Å². The summed E-state index contributed by atoms with van der Waals surface area (Å²) in [6.45, 7) is 8.01. The van der Waals surface area contributed by atoms with E-state index in [0.29, 0.717) is 11.8 Å². The number of carbonyl (C=O) groups excluding carboxylic acids is 1. The van der Waals surface area contributed by atoms with Gasteiger partial charge in [0.2, 0.25) is 5.91 Å². The van der Waals surface area contributed by atoms with Crippen LogP contribution in [0.2, 0.25) is 0 Å². The number of likely N-dealkylation sites (tertiary alicyclic amines) is 1. The molecule has 0 bridgehead atoms. The predicted octanol–water partition coefficient (Wildman–Crippen LogP) is 3.57. The zero-order valence-corrected chi connectivity index (χ0v) is 17.9. The minimum atomic E-state index is -0.331. The zero-order valence-electron chi connectivity index (χ0n) is 16.3. The Morgan fingerprint density at radius 1 is 1.19 bits per heavy atom. The van der Waals surface area contributed by atoms with E-state index in [1.807, 2.05) is 4.90 Å². The first-order valence-electron chi connectivity index (χ1n) is 9.22. The molecule has 2 rings (SSSR count). The number of piperidine rings is 1. The van der Waals surface area contributed by atoms with E-state index in [1.165, 1.54) is 5.56 Å². The Morgan fingerprint density at radius 3 is 2.31 bits per heavy atom. The van der Waals surface area contributed by atoms with E-state index in [-0.39, 0.29) is 36.8 Å². The van der Waals surface area contributed by atoms with Crippen LogP contribution in [0.25, 0.3) is 0 Å². The smallest absolute Gasteiger partial charge is 0.239 e. The lowest BCUT2D eigenvalue weighted by molar-refractivity contribution is -0.134. The number of benzene rings is 1. The molecule has 0 radical (unpaired) electrons. The fourth-order valence-electron chi connectivity index (χ4n) is 3.58. The molecule has 4 nitrogen and oxygen atoms in total. The molecule has 1 aliphatic heterocycles. The van der Waals surface area contributed by atoms with Gasteiger partial charge in [-0.15, -0.1) is 24.8 Å². The molecule has 1 amide bonds. The highest BCUT2D eigenvalue weighted by Crippen LogP contribution is 2.20. The molecule has 1 aliphatic rings. The SMILES string of the molecule is CC(C)C[C@H](N)C(=O)N1CCC(CN(C)Cc2ccccc2)CC1.Cl.Cl. The van der Waals surface area contributed by atoms with Crippen molar-refractivity contribution in [2.45, 2.75) is 45.7 Å². The third-order valence-corrected chi connectivity index (χ3v) is 4.83. The molecule has 0 spiro atoms. The Hall–Kier alpha value is -0.810. The molecule has 1 saturated heterocycles. The molecule has 1 heterocycles. The molecule has 0 saturated carbocycles. The molecule has 150 valence electrons. The summed E-state index contributed by atoms with van der Waals surface area (Å²) in [7, 11) is 2.18. The van der Waals surface area contributed by atoms with Crippen molar-refractivity contribution in [3.63, 3.8) is 0 Å². The van der Waals surface area contributed by atoms with Gasteiger partial charge in [0.25, 0.3) is 0 Å². The van der Waals surface area contributed by atoms with Gasteiger partial charge in [-0.3, -0.25) is 4.79 Å². The summed E-state index contributed by atoms with van der Waals surface area (Å²) in [4.78, 5) is 16.8. The van der Waals surface area contributed by atoms with Crippen molar-refractivity contribution < 1.29 is 4.79 Å². The van der Waals surface area contributed by atoms with Crippen LogP contribution in [0.3, 0.4) is 0 Å². The first kappa shape index (κ1) is 25.2. The lowest BCUT2D eigenvalue weighted by atomic mass is 9.95. The van der Waals surface area contributed by atoms with Crippen LogP contribution in [-0.4, -0.2) is 48.4 Å². The summed E-state index contributed by atoms with van der Waals surface area (Å²) >= 11 is 0. The molecule has 0 unspecified atom stereocenters. The molecule has 6 heteroatoms. The number of rotatable bonds is 7. The van der Waals surface area contributed by atoms with E-state index < -0.39 is 0 Å². The molecule has 1 aromatic rings. The highest BCUT2D eigenvalue weighted by molar-refractivity contribution is 5.85. The Labute approximate surface area is 171 Å². The molecule has 1 aromatic carbocycles. The van der Waals surface area contributed by atoms with E-state index >= 15 is 0 Å². The Bertz CT molecular complexity index is 505. The third-order valence-electron chi connectivity index (χ3n) is 4.83. The normalized spacial score (nSPS) is 16.2. The van der Waals surface area contributed by atoms with E-state index in [1.54, 1.807) is 0 Å². The van der Waals surface area contributed by atoms with Crippen LogP contribution in [0.5, 0.6) is 0 Å². The van der Waals surface area contributed by atoms with Crippen LogP contribution in [0.1, 0.15) is 38.7 Å². The first-order valence-corrected chi connectivity index (χ1v) is 9.22. The summed E-state index contributed by atoms with van der Waals surface area (Å²) in [6.07, 6.45) is 2.94. The van der Waals surface area contributed by atoms with Gasteiger partial charge < -0.3 is 15.5 Å². The maximum Gasteiger partial charge on any atom is 0.239 e. The lowest BCUT2D eigenvalue weighted by Gasteiger charge is -2.35. The van der Waals surface area contributed by atoms with Gasteiger partial charge in [-0.2, -0.15) is 0 Å². The van der Waals surface area contributed by atoms with Crippen molar-refractivity contribution in [3.8, 4) is 0 Å². The van der Waals surface area contributed by atoms with Gasteiger partial charge in [-0.25, -0.2) is 0 Å². The van der Waals surface area contributed by atoms with Gasteiger partial charge in [-0.05, 0) is 43.7 Å². The number of carbonyl (C=O) groups is 1. The van der Waals surface area contributed by atoms with Gasteiger partial charge in [-0.1, -0.05) is 44.2 Å². The summed E-state index contributed by atoms with van der Waals surface area (Å²) in [5, 5.41) is 0. The summed E-state index contributed by atoms with van der Waals surface area (Å²) in [5.41, 5.74) is 7.40. The standard InChI is InChI=1S/C20H33N3O.2ClH/c1-16(2)13-19(21)20(24)23-11-9-18(10-12-23)15-22(3)14-17-7-5-4-6-8-17;;/h4-8,16,18-19H,9-15,21H2,1-3H3;2*1H/t19-;;/m0../s1. The number of nitrogens with zero attached hydrogens (tertiary/aromatic N) is 2. The fourth-order valence-corrected chi connectivity index (χ4v) is 3.58. The van der Waals surface area contributed by atoms with Gasteiger partial charge in [0, 0.05) is 26.2 Å². The van der Waals surface area contributed by atoms with Gasteiger partial charge in [0.1, 0.15) is 0 Å². The quantitative estimate of drug-likeness (QED) is 0.756. The average Bonchev–Trinajstić information content (AvgIpc) is 2.55. The van der Waals surface area contributed by atoms with Crippen molar-refractivity contribution in [1.82, 2.24) is 9.80 Å². The van der Waals surface area contributed by atoms with Gasteiger partial charge >= 0.3 is 0 Å². The third kappa shape index (κ3) is 8.26. The maximum atomic E-state index is 12.4. The maximum absolute atomic E-state index is 12.4. The molecule has 0 aromatic heterocycles. The van der Waals surface area contributed by atoms with Crippen LogP contribution in [0, 0.1) is 11.8 Å². The van der Waals surface area contributed by atoms with Crippen molar-refractivity contribution in [1.29, 1.82) is 0 Å². The monoisotopic (exact) mass is 403 g/mol. The van der Waals surface area contributed by atoms with E-state index in [4.69, 9.17) is 5.73 Å². The zero-order chi connectivity index (χ0) is 17.5. The van der Waals surface area contributed by atoms with Gasteiger partial charge in [0.05, 0.1) is 6.04 Å². The highest BCUT2D eigenvalue weighted by Gasteiger charge is 2.27. The van der Waals surface area contributed by atoms with Gasteiger partial charge in [0.15, 0.2) is 0 Å². The number of nitrogens with two attached hydrogens (primary N) is 1. The van der Waals surface area contributed by atoms with Crippen LogP contribution in [0.15, 0.2) is 30.3 Å². The summed E-state index contributed by atoms with van der Waals surface area (Å²) < 4.78 is 0. The lowest BCUT2D eigenvalue weighted by Crippen LogP contribution is -2.48. The molecular weight excluding hydrogens is 369 g/mol. The second-order valence-electron chi connectivity index (χ2n) is 7.69. The average molecular weight is 404 g/mol. The van der Waals surface area contributed by atoms with Crippen molar-refractivity contribution in [3.05, 3.63) is 35.9 Å². The summed E-state index contributed by atoms with van der Waals surface area (Å²) in [6, 6.07) is 10.3. The number of hydrogen-bond donors (Lipinski definition) is 1. The summed E-state index contributed by atoms with van der Waals surface area (Å²) in [5.74, 6) is 1.28. The Kier molecular flexibility index (Phi) is 12.2. The Balaban J connectivity index is 0.00000312. The molecule has 1 atom stereocenters. The molecular formula is C20H35Cl2N3O. The molecule has 0 aliphatic carbocycles. The van der Waals surface area contributed by atoms with Crippen molar-refractivity contribution in [2.75, 3.05) is 26.7 Å².